The fourth-order valence-electron chi connectivity index (χ4n) is 3.05. The Hall–Kier alpha value is -3.28. The van der Waals surface area contributed by atoms with Gasteiger partial charge in [0.2, 0.25) is 0 Å². The molecule has 0 radical (unpaired) electrons. The van der Waals surface area contributed by atoms with E-state index in [2.05, 4.69) is 9.99 Å². The average Bonchev–Trinajstić information content (AvgIpc) is 2.98. The lowest BCUT2D eigenvalue weighted by Gasteiger charge is -2.19. The van der Waals surface area contributed by atoms with Gasteiger partial charge in [-0.1, -0.05) is 64.8 Å². The Balaban J connectivity index is 1.92. The van der Waals surface area contributed by atoms with Gasteiger partial charge in [0.25, 0.3) is 0 Å². The molecule has 6 heteroatoms. The first-order valence-corrected chi connectivity index (χ1v) is 8.62. The van der Waals surface area contributed by atoms with Crippen LogP contribution in [0.1, 0.15) is 38.3 Å². The van der Waals surface area contributed by atoms with Crippen molar-refractivity contribution in [1.29, 1.82) is 0 Å². The third kappa shape index (κ3) is 3.95. The summed E-state index contributed by atoms with van der Waals surface area (Å²) in [6.07, 6.45) is -0.161. The van der Waals surface area contributed by atoms with Crippen molar-refractivity contribution in [3.63, 3.8) is 0 Å². The van der Waals surface area contributed by atoms with Crippen LogP contribution in [0.25, 0.3) is 0 Å². The maximum absolute atomic E-state index is 13.1. The minimum Gasteiger partial charge on any atom is -0.384 e. The number of carbonyl (C=O) groups excluding carboxylic acids is 3. The molecule has 0 aromatic heterocycles. The molecule has 0 bridgehead atoms. The molecule has 138 valence electrons. The lowest BCUT2D eigenvalue weighted by atomic mass is 9.80. The highest BCUT2D eigenvalue weighted by molar-refractivity contribution is 6.12. The van der Waals surface area contributed by atoms with Gasteiger partial charge in [-0.05, 0) is 13.8 Å². The van der Waals surface area contributed by atoms with E-state index in [9.17, 15) is 14.4 Å². The summed E-state index contributed by atoms with van der Waals surface area (Å²) in [6.45, 7) is 3.83. The Morgan fingerprint density at radius 3 is 2.00 bits per heavy atom. The number of hydrogen-bond acceptors (Lipinski definition) is 6. The van der Waals surface area contributed by atoms with Gasteiger partial charge in [0, 0.05) is 17.5 Å². The summed E-state index contributed by atoms with van der Waals surface area (Å²) in [5, 5.41) is 3.48. The Morgan fingerprint density at radius 1 is 1.00 bits per heavy atom. The molecule has 1 heterocycles. The van der Waals surface area contributed by atoms with E-state index in [1.54, 1.807) is 36.4 Å². The van der Waals surface area contributed by atoms with Crippen LogP contribution in [0, 0.1) is 25.7 Å². The van der Waals surface area contributed by atoms with Gasteiger partial charge >= 0.3 is 5.97 Å². The summed E-state index contributed by atoms with van der Waals surface area (Å²) in [4.78, 5) is 42.6. The van der Waals surface area contributed by atoms with E-state index >= 15 is 0 Å². The molecule has 0 fully saturated rings. The zero-order valence-electron chi connectivity index (χ0n) is 15.1. The van der Waals surface area contributed by atoms with Crippen LogP contribution < -0.4 is 5.73 Å². The molecular weight excluding hydrogens is 344 g/mol. The van der Waals surface area contributed by atoms with Gasteiger partial charge in [0.1, 0.15) is 5.92 Å². The molecule has 0 saturated heterocycles. The molecule has 3 rings (SSSR count). The van der Waals surface area contributed by atoms with Crippen LogP contribution in [-0.2, 0) is 9.63 Å². The number of rotatable bonds is 6. The van der Waals surface area contributed by atoms with E-state index in [1.807, 2.05) is 26.0 Å². The van der Waals surface area contributed by atoms with E-state index in [0.29, 0.717) is 11.1 Å². The molecule has 2 unspecified atom stereocenters. The monoisotopic (exact) mass is 364 g/mol. The summed E-state index contributed by atoms with van der Waals surface area (Å²) < 4.78 is 0. The minimum atomic E-state index is -1.06. The number of Topliss-reactive ketones (excluding diaryl/α,β-unsaturated/α-hetero) is 2. The molecule has 2 aromatic rings. The largest absolute Gasteiger partial charge is 0.384 e. The van der Waals surface area contributed by atoms with E-state index in [1.165, 1.54) is 0 Å². The van der Waals surface area contributed by atoms with Crippen molar-refractivity contribution in [1.82, 2.24) is 0 Å². The number of nitrogens with zero attached hydrogens (tertiary/aromatic N) is 1. The highest BCUT2D eigenvalue weighted by Gasteiger charge is 2.43. The third-order valence-corrected chi connectivity index (χ3v) is 4.67. The topological polar surface area (TPSA) is 98.8 Å². The summed E-state index contributed by atoms with van der Waals surface area (Å²) in [5.74, 6) is -3.41. The zero-order chi connectivity index (χ0) is 19.6. The van der Waals surface area contributed by atoms with E-state index in [0.717, 1.165) is 11.1 Å². The third-order valence-electron chi connectivity index (χ3n) is 4.67. The number of carbonyl (C=O) groups is 3. The fourth-order valence-corrected chi connectivity index (χ4v) is 3.05. The Kier molecular flexibility index (Phi) is 5.16. The molecule has 1 aliphatic heterocycles. The maximum Gasteiger partial charge on any atom is 0.346 e. The Bertz CT molecular complexity index is 914. The van der Waals surface area contributed by atoms with Gasteiger partial charge in [-0.15, -0.1) is 0 Å². The summed E-state index contributed by atoms with van der Waals surface area (Å²) >= 11 is 0. The molecule has 0 saturated carbocycles. The van der Waals surface area contributed by atoms with Crippen molar-refractivity contribution in [3.8, 4) is 0 Å². The highest BCUT2D eigenvalue weighted by Crippen LogP contribution is 2.28. The van der Waals surface area contributed by atoms with Gasteiger partial charge in [-0.25, -0.2) is 4.79 Å². The fraction of sp³-hybridized carbons (Fsp3) is 0.238. The molecule has 27 heavy (non-hydrogen) atoms. The summed E-state index contributed by atoms with van der Waals surface area (Å²) in [7, 11) is 0. The number of hydrogen-bond donors (Lipinski definition) is 1. The average molecular weight is 364 g/mol. The van der Waals surface area contributed by atoms with Gasteiger partial charge in [0.15, 0.2) is 17.4 Å². The smallest absolute Gasteiger partial charge is 0.346 e. The van der Waals surface area contributed by atoms with E-state index in [-0.39, 0.29) is 23.8 Å². The van der Waals surface area contributed by atoms with Crippen LogP contribution in [0.15, 0.2) is 53.7 Å². The SMILES string of the molecule is Cc1ccc(C(=O)CC(C(=O)c2ccc(C)cc2)C2C(=O)ON=C2N)cc1. The second-order valence-electron chi connectivity index (χ2n) is 6.73. The van der Waals surface area contributed by atoms with Crippen LogP contribution in [0.4, 0.5) is 0 Å². The van der Waals surface area contributed by atoms with Crippen molar-refractivity contribution in [2.24, 2.45) is 22.7 Å². The van der Waals surface area contributed by atoms with E-state index < -0.39 is 17.8 Å². The predicted molar refractivity (Wildman–Crippen MR) is 100 cm³/mol. The van der Waals surface area contributed by atoms with Gasteiger partial charge in [0.05, 0.1) is 5.92 Å². The summed E-state index contributed by atoms with van der Waals surface area (Å²) in [5.41, 5.74) is 8.70. The number of benzene rings is 2. The molecule has 0 aliphatic carbocycles. The lowest BCUT2D eigenvalue weighted by molar-refractivity contribution is -0.144. The highest BCUT2D eigenvalue weighted by atomic mass is 16.7. The normalized spacial score (nSPS) is 17.2. The van der Waals surface area contributed by atoms with Crippen LogP contribution in [0.2, 0.25) is 0 Å². The molecule has 2 N–H and O–H groups in total. The standard InChI is InChI=1S/C21H20N2O4/c1-12-3-7-14(8-4-12)17(24)11-16(18-20(22)23-27-21(18)26)19(25)15-9-5-13(2)6-10-15/h3-10,16,18H,11H2,1-2H3,(H2,22,23). The Morgan fingerprint density at radius 2 is 1.52 bits per heavy atom. The molecule has 6 nitrogen and oxygen atoms in total. The minimum absolute atomic E-state index is 0.0813. The van der Waals surface area contributed by atoms with Crippen molar-refractivity contribution < 1.29 is 19.2 Å². The predicted octanol–water partition coefficient (Wildman–Crippen LogP) is 2.82. The zero-order valence-corrected chi connectivity index (χ0v) is 15.1. The molecule has 0 spiro atoms. The molecular formula is C21H20N2O4. The number of ketones is 2. The second kappa shape index (κ2) is 7.53. The van der Waals surface area contributed by atoms with Crippen molar-refractivity contribution in [2.45, 2.75) is 20.3 Å². The molecule has 2 aromatic carbocycles. The van der Waals surface area contributed by atoms with Gasteiger partial charge < -0.3 is 10.6 Å². The Labute approximate surface area is 157 Å². The van der Waals surface area contributed by atoms with Crippen LogP contribution in [0.5, 0.6) is 0 Å². The van der Waals surface area contributed by atoms with Crippen LogP contribution >= 0.6 is 0 Å². The quantitative estimate of drug-likeness (QED) is 0.628. The van der Waals surface area contributed by atoms with Crippen molar-refractivity contribution in [3.05, 3.63) is 70.8 Å². The van der Waals surface area contributed by atoms with Crippen LogP contribution in [0.3, 0.4) is 0 Å². The van der Waals surface area contributed by atoms with E-state index in [4.69, 9.17) is 5.73 Å². The van der Waals surface area contributed by atoms with Crippen LogP contribution in [-0.4, -0.2) is 23.4 Å². The molecule has 2 atom stereocenters. The maximum atomic E-state index is 13.1. The molecule has 1 aliphatic rings. The number of amidine groups is 1. The summed E-state index contributed by atoms with van der Waals surface area (Å²) in [6, 6.07) is 14.0. The second-order valence-corrected chi connectivity index (χ2v) is 6.73. The number of aryl methyl sites for hydroxylation is 2. The van der Waals surface area contributed by atoms with Gasteiger partial charge in [-0.3, -0.25) is 9.59 Å². The van der Waals surface area contributed by atoms with Crippen molar-refractivity contribution in [2.75, 3.05) is 0 Å². The first-order chi connectivity index (χ1) is 12.9. The first-order valence-electron chi connectivity index (χ1n) is 8.62. The first kappa shape index (κ1) is 18.5. The number of oxime groups is 1. The number of nitrogens with two attached hydrogens (primary N) is 1. The van der Waals surface area contributed by atoms with Crippen molar-refractivity contribution >= 4 is 23.4 Å². The lowest BCUT2D eigenvalue weighted by Crippen LogP contribution is -2.38. The van der Waals surface area contributed by atoms with Gasteiger partial charge in [-0.2, -0.15) is 0 Å². The molecule has 0 amide bonds.